The van der Waals surface area contributed by atoms with Gasteiger partial charge in [0.2, 0.25) is 5.95 Å². The molecule has 1 aromatic heterocycles. The van der Waals surface area contributed by atoms with Gasteiger partial charge in [0.1, 0.15) is 0 Å². The van der Waals surface area contributed by atoms with Gasteiger partial charge in [-0.25, -0.2) is 18.7 Å². The summed E-state index contributed by atoms with van der Waals surface area (Å²) in [6.45, 7) is 0.325. The lowest BCUT2D eigenvalue weighted by molar-refractivity contribution is 0.194. The molecule has 0 saturated carbocycles. The average molecular weight is 312 g/mol. The Bertz CT molecular complexity index is 653. The van der Waals surface area contributed by atoms with Gasteiger partial charge < -0.3 is 10.0 Å². The van der Waals surface area contributed by atoms with Crippen molar-refractivity contribution in [3.05, 3.63) is 52.8 Å². The van der Waals surface area contributed by atoms with Crippen molar-refractivity contribution in [2.45, 2.75) is 18.6 Å². The van der Waals surface area contributed by atoms with Crippen LogP contribution in [-0.4, -0.2) is 27.7 Å². The number of halogens is 3. The van der Waals surface area contributed by atoms with Crippen LogP contribution in [0.2, 0.25) is 5.02 Å². The molecule has 0 amide bonds. The van der Waals surface area contributed by atoms with Gasteiger partial charge in [0.25, 0.3) is 0 Å². The van der Waals surface area contributed by atoms with E-state index < -0.39 is 17.7 Å². The molecule has 2 heterocycles. The SMILES string of the molecule is O[C@H]1C[C@H](c2ccc(F)c(F)c2)N(c2ncc(Cl)cn2)C1. The smallest absolute Gasteiger partial charge is 0.225 e. The summed E-state index contributed by atoms with van der Waals surface area (Å²) in [7, 11) is 0. The summed E-state index contributed by atoms with van der Waals surface area (Å²) in [6.07, 6.45) is 2.73. The van der Waals surface area contributed by atoms with E-state index in [-0.39, 0.29) is 6.04 Å². The molecule has 1 aliphatic rings. The second-order valence-electron chi connectivity index (χ2n) is 4.93. The maximum atomic E-state index is 13.4. The zero-order valence-corrected chi connectivity index (χ0v) is 11.6. The van der Waals surface area contributed by atoms with E-state index in [4.69, 9.17) is 11.6 Å². The minimum absolute atomic E-state index is 0.309. The molecule has 3 rings (SSSR count). The lowest BCUT2D eigenvalue weighted by Gasteiger charge is -2.24. The van der Waals surface area contributed by atoms with Gasteiger partial charge in [0.05, 0.1) is 29.6 Å². The minimum Gasteiger partial charge on any atom is -0.391 e. The standard InChI is InChI=1S/C14H12ClF2N3O/c15-9-5-18-14(19-6-9)20-7-10(21)4-13(20)8-1-2-11(16)12(17)3-8/h1-3,5-6,10,13,21H,4,7H2/t10-,13+/m0/s1. The van der Waals surface area contributed by atoms with Crippen molar-refractivity contribution in [1.29, 1.82) is 0 Å². The van der Waals surface area contributed by atoms with E-state index in [9.17, 15) is 13.9 Å². The quantitative estimate of drug-likeness (QED) is 0.926. The maximum Gasteiger partial charge on any atom is 0.225 e. The summed E-state index contributed by atoms with van der Waals surface area (Å²) in [4.78, 5) is 9.99. The van der Waals surface area contributed by atoms with Crippen molar-refractivity contribution in [3.8, 4) is 0 Å². The molecule has 0 radical (unpaired) electrons. The molecule has 1 aliphatic heterocycles. The van der Waals surface area contributed by atoms with Crippen LogP contribution in [0.3, 0.4) is 0 Å². The van der Waals surface area contributed by atoms with Crippen molar-refractivity contribution in [2.24, 2.45) is 0 Å². The fourth-order valence-electron chi connectivity index (χ4n) is 2.52. The summed E-state index contributed by atoms with van der Waals surface area (Å²) in [5.74, 6) is -1.41. The number of anilines is 1. The van der Waals surface area contributed by atoms with Gasteiger partial charge in [0.15, 0.2) is 11.6 Å². The molecule has 1 aromatic carbocycles. The van der Waals surface area contributed by atoms with Crippen LogP contribution in [0, 0.1) is 11.6 Å². The summed E-state index contributed by atoms with van der Waals surface area (Å²) < 4.78 is 26.5. The fraction of sp³-hybridized carbons (Fsp3) is 0.286. The molecule has 1 saturated heterocycles. The normalized spacial score (nSPS) is 21.8. The highest BCUT2D eigenvalue weighted by Crippen LogP contribution is 2.35. The van der Waals surface area contributed by atoms with Gasteiger partial charge in [-0.1, -0.05) is 17.7 Å². The van der Waals surface area contributed by atoms with E-state index in [2.05, 4.69) is 9.97 Å². The average Bonchev–Trinajstić information content (AvgIpc) is 2.85. The Morgan fingerprint density at radius 1 is 1.19 bits per heavy atom. The molecule has 2 aromatic rings. The van der Waals surface area contributed by atoms with Crippen LogP contribution in [-0.2, 0) is 0 Å². The third-order valence-electron chi connectivity index (χ3n) is 3.47. The number of aliphatic hydroxyl groups excluding tert-OH is 1. The highest BCUT2D eigenvalue weighted by molar-refractivity contribution is 6.30. The number of aromatic nitrogens is 2. The predicted molar refractivity (Wildman–Crippen MR) is 74.1 cm³/mol. The van der Waals surface area contributed by atoms with E-state index in [0.717, 1.165) is 12.1 Å². The first kappa shape index (κ1) is 14.2. The molecule has 1 fully saturated rings. The van der Waals surface area contributed by atoms with Crippen LogP contribution >= 0.6 is 11.6 Å². The largest absolute Gasteiger partial charge is 0.391 e. The maximum absolute atomic E-state index is 13.4. The van der Waals surface area contributed by atoms with E-state index in [1.807, 2.05) is 0 Å². The van der Waals surface area contributed by atoms with Crippen molar-refractivity contribution < 1.29 is 13.9 Å². The molecule has 0 unspecified atom stereocenters. The molecule has 4 nitrogen and oxygen atoms in total. The first-order chi connectivity index (χ1) is 10.0. The Morgan fingerprint density at radius 3 is 2.57 bits per heavy atom. The number of hydrogen-bond acceptors (Lipinski definition) is 4. The van der Waals surface area contributed by atoms with Crippen LogP contribution in [0.15, 0.2) is 30.6 Å². The van der Waals surface area contributed by atoms with Crippen molar-refractivity contribution in [2.75, 3.05) is 11.4 Å². The molecular weight excluding hydrogens is 300 g/mol. The second-order valence-corrected chi connectivity index (χ2v) is 5.37. The van der Waals surface area contributed by atoms with Gasteiger partial charge in [-0.15, -0.1) is 0 Å². The van der Waals surface area contributed by atoms with E-state index >= 15 is 0 Å². The molecule has 0 aliphatic carbocycles. The molecule has 110 valence electrons. The highest BCUT2D eigenvalue weighted by Gasteiger charge is 2.34. The van der Waals surface area contributed by atoms with Gasteiger partial charge in [-0.05, 0) is 24.1 Å². The van der Waals surface area contributed by atoms with Crippen molar-refractivity contribution in [1.82, 2.24) is 9.97 Å². The van der Waals surface area contributed by atoms with Crippen LogP contribution in [0.1, 0.15) is 18.0 Å². The molecule has 1 N–H and O–H groups in total. The molecule has 21 heavy (non-hydrogen) atoms. The van der Waals surface area contributed by atoms with Gasteiger partial charge in [-0.2, -0.15) is 0 Å². The van der Waals surface area contributed by atoms with Crippen LogP contribution in [0.5, 0.6) is 0 Å². The predicted octanol–water partition coefficient (Wildman–Crippen LogP) is 2.72. The number of rotatable bonds is 2. The summed E-state index contributed by atoms with van der Waals surface area (Å²) in [5.41, 5.74) is 0.573. The second kappa shape index (κ2) is 5.54. The van der Waals surface area contributed by atoms with Crippen LogP contribution in [0.4, 0.5) is 14.7 Å². The lowest BCUT2D eigenvalue weighted by Crippen LogP contribution is -2.26. The fourth-order valence-corrected chi connectivity index (χ4v) is 2.62. The number of nitrogens with zero attached hydrogens (tertiary/aromatic N) is 3. The van der Waals surface area contributed by atoms with Crippen LogP contribution in [0.25, 0.3) is 0 Å². The topological polar surface area (TPSA) is 49.2 Å². The Balaban J connectivity index is 1.95. The Labute approximate surface area is 125 Å². The lowest BCUT2D eigenvalue weighted by atomic mass is 10.0. The number of aliphatic hydroxyl groups is 1. The Kier molecular flexibility index (Phi) is 3.73. The number of β-amino-alcohol motifs (C(OH)–C–C–N with tert-alkyl or cyclic N) is 1. The monoisotopic (exact) mass is 311 g/mol. The third-order valence-corrected chi connectivity index (χ3v) is 3.67. The molecule has 0 bridgehead atoms. The molecule has 0 spiro atoms. The van der Waals surface area contributed by atoms with Gasteiger partial charge in [-0.3, -0.25) is 0 Å². The van der Waals surface area contributed by atoms with Crippen LogP contribution < -0.4 is 4.90 Å². The Morgan fingerprint density at radius 2 is 1.90 bits per heavy atom. The van der Waals surface area contributed by atoms with Gasteiger partial charge in [0, 0.05) is 6.54 Å². The number of hydrogen-bond donors (Lipinski definition) is 1. The minimum atomic E-state index is -0.911. The number of benzene rings is 1. The van der Waals surface area contributed by atoms with E-state index in [1.165, 1.54) is 18.5 Å². The van der Waals surface area contributed by atoms with Crippen molar-refractivity contribution in [3.63, 3.8) is 0 Å². The Hall–Kier alpha value is -1.79. The van der Waals surface area contributed by atoms with Gasteiger partial charge >= 0.3 is 0 Å². The summed E-state index contributed by atoms with van der Waals surface area (Å²) in [6, 6.07) is 3.41. The summed E-state index contributed by atoms with van der Waals surface area (Å²) >= 11 is 5.75. The zero-order chi connectivity index (χ0) is 15.0. The molecule has 7 heteroatoms. The molecule has 2 atom stereocenters. The zero-order valence-electron chi connectivity index (χ0n) is 10.9. The first-order valence-electron chi connectivity index (χ1n) is 6.42. The van der Waals surface area contributed by atoms with E-state index in [0.29, 0.717) is 29.5 Å². The molecular formula is C14H12ClF2N3O. The first-order valence-corrected chi connectivity index (χ1v) is 6.79. The highest BCUT2D eigenvalue weighted by atomic mass is 35.5. The third kappa shape index (κ3) is 2.82. The van der Waals surface area contributed by atoms with E-state index in [1.54, 1.807) is 4.90 Å². The van der Waals surface area contributed by atoms with Crippen molar-refractivity contribution >= 4 is 17.5 Å². The summed E-state index contributed by atoms with van der Waals surface area (Å²) in [5, 5.41) is 10.3.